The SMILES string of the molecule is Cc1nnc2c(NCc3sccc3Br)nccn12. The molecule has 7 heteroatoms. The Labute approximate surface area is 116 Å². The third-order valence-electron chi connectivity index (χ3n) is 2.60. The van der Waals surface area contributed by atoms with E-state index in [1.54, 1.807) is 17.5 Å². The largest absolute Gasteiger partial charge is 0.362 e. The summed E-state index contributed by atoms with van der Waals surface area (Å²) in [6, 6.07) is 2.04. The lowest BCUT2D eigenvalue weighted by atomic mass is 10.4. The maximum absolute atomic E-state index is 4.30. The summed E-state index contributed by atoms with van der Waals surface area (Å²) in [5, 5.41) is 13.5. The van der Waals surface area contributed by atoms with Gasteiger partial charge >= 0.3 is 0 Å². The van der Waals surface area contributed by atoms with E-state index in [1.165, 1.54) is 4.88 Å². The molecule has 18 heavy (non-hydrogen) atoms. The molecule has 1 N–H and O–H groups in total. The van der Waals surface area contributed by atoms with E-state index in [9.17, 15) is 0 Å². The lowest BCUT2D eigenvalue weighted by molar-refractivity contribution is 1.00. The van der Waals surface area contributed by atoms with E-state index >= 15 is 0 Å². The maximum atomic E-state index is 4.30. The number of halogens is 1. The van der Waals surface area contributed by atoms with Crippen molar-refractivity contribution in [1.29, 1.82) is 0 Å². The molecule has 0 saturated heterocycles. The summed E-state index contributed by atoms with van der Waals surface area (Å²) in [6.07, 6.45) is 3.60. The summed E-state index contributed by atoms with van der Waals surface area (Å²) in [5.41, 5.74) is 0.752. The molecule has 5 nitrogen and oxygen atoms in total. The fraction of sp³-hybridized carbons (Fsp3) is 0.182. The number of hydrogen-bond donors (Lipinski definition) is 1. The molecule has 3 aromatic rings. The summed E-state index contributed by atoms with van der Waals surface area (Å²) in [7, 11) is 0. The van der Waals surface area contributed by atoms with Gasteiger partial charge in [0.15, 0.2) is 5.82 Å². The molecule has 0 radical (unpaired) electrons. The zero-order chi connectivity index (χ0) is 12.5. The van der Waals surface area contributed by atoms with E-state index in [0.29, 0.717) is 0 Å². The van der Waals surface area contributed by atoms with E-state index in [2.05, 4.69) is 41.8 Å². The zero-order valence-corrected chi connectivity index (χ0v) is 12.0. The third-order valence-corrected chi connectivity index (χ3v) is 4.53. The first-order chi connectivity index (χ1) is 8.75. The molecule has 3 rings (SSSR count). The van der Waals surface area contributed by atoms with Crippen LogP contribution in [-0.2, 0) is 6.54 Å². The van der Waals surface area contributed by atoms with Crippen molar-refractivity contribution < 1.29 is 0 Å². The van der Waals surface area contributed by atoms with Gasteiger partial charge in [-0.2, -0.15) is 0 Å². The fourth-order valence-corrected chi connectivity index (χ4v) is 3.11. The Hall–Kier alpha value is -1.47. The molecule has 0 saturated carbocycles. The second kappa shape index (κ2) is 4.66. The van der Waals surface area contributed by atoms with Gasteiger partial charge < -0.3 is 5.32 Å². The van der Waals surface area contributed by atoms with Crippen molar-refractivity contribution in [3.05, 3.63) is 39.0 Å². The zero-order valence-electron chi connectivity index (χ0n) is 9.59. The first-order valence-corrected chi connectivity index (χ1v) is 7.05. The molecule has 0 atom stereocenters. The van der Waals surface area contributed by atoms with Crippen LogP contribution in [0.5, 0.6) is 0 Å². The molecule has 0 aliphatic heterocycles. The van der Waals surface area contributed by atoms with Crippen LogP contribution in [0.4, 0.5) is 5.82 Å². The highest BCUT2D eigenvalue weighted by atomic mass is 79.9. The predicted molar refractivity (Wildman–Crippen MR) is 74.9 cm³/mol. The van der Waals surface area contributed by atoms with Crippen LogP contribution >= 0.6 is 27.3 Å². The monoisotopic (exact) mass is 323 g/mol. The molecule has 92 valence electrons. The minimum atomic E-state index is 0.719. The molecule has 3 aromatic heterocycles. The van der Waals surface area contributed by atoms with Crippen molar-refractivity contribution in [3.63, 3.8) is 0 Å². The Morgan fingerprint density at radius 3 is 3.11 bits per heavy atom. The summed E-state index contributed by atoms with van der Waals surface area (Å²) >= 11 is 5.21. The van der Waals surface area contributed by atoms with E-state index in [4.69, 9.17) is 0 Å². The first-order valence-electron chi connectivity index (χ1n) is 5.38. The Balaban J connectivity index is 1.89. The normalized spacial score (nSPS) is 11.0. The van der Waals surface area contributed by atoms with Crippen LogP contribution in [0.2, 0.25) is 0 Å². The number of anilines is 1. The molecule has 0 aliphatic carbocycles. The van der Waals surface area contributed by atoms with Gasteiger partial charge in [-0.1, -0.05) is 0 Å². The number of aromatic nitrogens is 4. The lowest BCUT2D eigenvalue weighted by Gasteiger charge is -2.05. The molecule has 3 heterocycles. The smallest absolute Gasteiger partial charge is 0.203 e. The maximum Gasteiger partial charge on any atom is 0.203 e. The van der Waals surface area contributed by atoms with Crippen LogP contribution in [0.3, 0.4) is 0 Å². The van der Waals surface area contributed by atoms with Crippen LogP contribution in [0.1, 0.15) is 10.7 Å². The first kappa shape index (κ1) is 11.6. The Kier molecular flexibility index (Phi) is 3.00. The minimum Gasteiger partial charge on any atom is -0.362 e. The molecule has 0 bridgehead atoms. The lowest BCUT2D eigenvalue weighted by Crippen LogP contribution is -2.03. The highest BCUT2D eigenvalue weighted by Gasteiger charge is 2.08. The summed E-state index contributed by atoms with van der Waals surface area (Å²) in [4.78, 5) is 5.54. The Bertz CT molecular complexity index is 690. The van der Waals surface area contributed by atoms with Crippen molar-refractivity contribution in [2.24, 2.45) is 0 Å². The molecule has 0 unspecified atom stereocenters. The minimum absolute atomic E-state index is 0.719. The molecule has 0 aromatic carbocycles. The highest BCUT2D eigenvalue weighted by molar-refractivity contribution is 9.10. The van der Waals surface area contributed by atoms with Crippen LogP contribution < -0.4 is 5.32 Å². The van der Waals surface area contributed by atoms with Gasteiger partial charge in [-0.15, -0.1) is 21.5 Å². The van der Waals surface area contributed by atoms with Gasteiger partial charge in [-0.25, -0.2) is 4.98 Å². The number of thiophene rings is 1. The average molecular weight is 324 g/mol. The third kappa shape index (κ3) is 1.99. The van der Waals surface area contributed by atoms with Gasteiger partial charge in [0.2, 0.25) is 5.65 Å². The van der Waals surface area contributed by atoms with Gasteiger partial charge in [0.25, 0.3) is 0 Å². The number of aryl methyl sites for hydroxylation is 1. The van der Waals surface area contributed by atoms with Crippen molar-refractivity contribution in [3.8, 4) is 0 Å². The molecule has 0 fully saturated rings. The number of fused-ring (bicyclic) bond motifs is 1. The van der Waals surface area contributed by atoms with E-state index in [0.717, 1.165) is 28.3 Å². The van der Waals surface area contributed by atoms with E-state index < -0.39 is 0 Å². The fourth-order valence-electron chi connectivity index (χ4n) is 1.68. The van der Waals surface area contributed by atoms with Crippen molar-refractivity contribution in [1.82, 2.24) is 19.6 Å². The quantitative estimate of drug-likeness (QED) is 0.805. The topological polar surface area (TPSA) is 55.1 Å². The van der Waals surface area contributed by atoms with Gasteiger partial charge in [-0.3, -0.25) is 4.40 Å². The summed E-state index contributed by atoms with van der Waals surface area (Å²) < 4.78 is 3.03. The van der Waals surface area contributed by atoms with Crippen molar-refractivity contribution in [2.45, 2.75) is 13.5 Å². The summed E-state index contributed by atoms with van der Waals surface area (Å²) in [6.45, 7) is 2.64. The van der Waals surface area contributed by atoms with Crippen molar-refractivity contribution in [2.75, 3.05) is 5.32 Å². The van der Waals surface area contributed by atoms with Gasteiger partial charge in [0.05, 0.1) is 6.54 Å². The van der Waals surface area contributed by atoms with Crippen LogP contribution in [0.25, 0.3) is 5.65 Å². The van der Waals surface area contributed by atoms with Crippen molar-refractivity contribution >= 4 is 38.7 Å². The highest BCUT2D eigenvalue weighted by Crippen LogP contribution is 2.23. The molecule has 0 spiro atoms. The molecule has 0 aliphatic rings. The van der Waals surface area contributed by atoms with E-state index in [-0.39, 0.29) is 0 Å². The second-order valence-electron chi connectivity index (χ2n) is 3.76. The Morgan fingerprint density at radius 2 is 2.33 bits per heavy atom. The Morgan fingerprint density at radius 1 is 1.44 bits per heavy atom. The second-order valence-corrected chi connectivity index (χ2v) is 5.62. The molecule has 0 amide bonds. The number of nitrogens with zero attached hydrogens (tertiary/aromatic N) is 4. The standard InChI is InChI=1S/C11H10BrN5S/c1-7-15-16-11-10(13-3-4-17(7)11)14-6-9-8(12)2-5-18-9/h2-5H,6H2,1H3,(H,13,14). The van der Waals surface area contributed by atoms with Gasteiger partial charge in [0.1, 0.15) is 5.82 Å². The average Bonchev–Trinajstić information content (AvgIpc) is 2.95. The van der Waals surface area contributed by atoms with Crippen LogP contribution in [-0.4, -0.2) is 19.6 Å². The molecular weight excluding hydrogens is 314 g/mol. The number of hydrogen-bond acceptors (Lipinski definition) is 5. The van der Waals surface area contributed by atoms with Crippen LogP contribution in [0, 0.1) is 6.92 Å². The van der Waals surface area contributed by atoms with E-state index in [1.807, 2.05) is 23.6 Å². The summed E-state index contributed by atoms with van der Waals surface area (Å²) in [5.74, 6) is 1.60. The predicted octanol–water partition coefficient (Wildman–Crippen LogP) is 2.87. The van der Waals surface area contributed by atoms with Gasteiger partial charge in [0, 0.05) is 21.7 Å². The number of rotatable bonds is 3. The van der Waals surface area contributed by atoms with Crippen LogP contribution in [0.15, 0.2) is 28.3 Å². The number of nitrogens with one attached hydrogen (secondary N) is 1. The molecular formula is C11H10BrN5S. The van der Waals surface area contributed by atoms with Gasteiger partial charge in [-0.05, 0) is 34.3 Å².